The summed E-state index contributed by atoms with van der Waals surface area (Å²) >= 11 is 1.56. The minimum atomic E-state index is -0.0812. The van der Waals surface area contributed by atoms with E-state index >= 15 is 0 Å². The molecule has 0 unspecified atom stereocenters. The molecule has 0 N–H and O–H groups in total. The van der Waals surface area contributed by atoms with E-state index < -0.39 is 0 Å². The maximum absolute atomic E-state index is 13.6. The summed E-state index contributed by atoms with van der Waals surface area (Å²) < 4.78 is 6.63. The van der Waals surface area contributed by atoms with Crippen molar-refractivity contribution in [1.82, 2.24) is 4.90 Å². The Morgan fingerprint density at radius 2 is 2.00 bits per heavy atom. The molecule has 30 heavy (non-hydrogen) atoms. The number of thiophene rings is 1. The molecule has 0 bridgehead atoms. The van der Waals surface area contributed by atoms with Crippen molar-refractivity contribution in [3.05, 3.63) is 59.0 Å². The highest BCUT2D eigenvalue weighted by atomic mass is 32.1. The summed E-state index contributed by atoms with van der Waals surface area (Å²) in [7, 11) is 1.68. The lowest BCUT2D eigenvalue weighted by atomic mass is 9.74. The van der Waals surface area contributed by atoms with Crippen LogP contribution in [0.2, 0.25) is 0 Å². The number of anilines is 1. The molecule has 1 amide bonds. The quantitative estimate of drug-likeness (QED) is 0.592. The lowest BCUT2D eigenvalue weighted by Gasteiger charge is -2.39. The summed E-state index contributed by atoms with van der Waals surface area (Å²) in [4.78, 5) is 18.5. The molecule has 5 nitrogen and oxygen atoms in total. The number of amides is 1. The lowest BCUT2D eigenvalue weighted by molar-refractivity contribution is 0.0982. The Hall–Kier alpha value is -2.88. The third-order valence-corrected chi connectivity index (χ3v) is 7.62. The first-order chi connectivity index (χ1) is 14.6. The van der Waals surface area contributed by atoms with Crippen molar-refractivity contribution in [1.29, 1.82) is 5.26 Å². The Morgan fingerprint density at radius 3 is 2.73 bits per heavy atom. The first kappa shape index (κ1) is 19.1. The summed E-state index contributed by atoms with van der Waals surface area (Å²) in [6, 6.07) is 18.5. The highest BCUT2D eigenvalue weighted by Gasteiger charge is 2.46. The van der Waals surface area contributed by atoms with Gasteiger partial charge < -0.3 is 9.64 Å². The molecule has 0 aliphatic carbocycles. The number of ether oxygens (including phenoxy) is 1. The van der Waals surface area contributed by atoms with Crippen LogP contribution in [0, 0.1) is 11.3 Å². The fraction of sp³-hybridized carbons (Fsp3) is 0.333. The minimum Gasteiger partial charge on any atom is -0.497 e. The molecule has 0 saturated carbocycles. The van der Waals surface area contributed by atoms with Gasteiger partial charge in [0, 0.05) is 35.4 Å². The first-order valence-electron chi connectivity index (χ1n) is 10.2. The molecule has 5 rings (SSSR count). The smallest absolute Gasteiger partial charge is 0.268 e. The van der Waals surface area contributed by atoms with Gasteiger partial charge in [-0.15, -0.1) is 11.3 Å². The largest absolute Gasteiger partial charge is 0.497 e. The van der Waals surface area contributed by atoms with Crippen LogP contribution in [0.25, 0.3) is 10.1 Å². The zero-order valence-corrected chi connectivity index (χ0v) is 17.7. The average molecular weight is 418 g/mol. The van der Waals surface area contributed by atoms with E-state index in [0.29, 0.717) is 13.1 Å². The molecule has 2 aliphatic rings. The number of carbonyl (C=O) groups is 1. The van der Waals surface area contributed by atoms with Gasteiger partial charge in [0.2, 0.25) is 0 Å². The number of carbonyl (C=O) groups excluding carboxylic acids is 1. The zero-order valence-electron chi connectivity index (χ0n) is 16.9. The second kappa shape index (κ2) is 7.42. The predicted molar refractivity (Wildman–Crippen MR) is 119 cm³/mol. The average Bonchev–Trinajstić information content (AvgIpc) is 3.35. The molecule has 1 spiro atoms. The number of rotatable bonds is 3. The zero-order chi connectivity index (χ0) is 20.7. The van der Waals surface area contributed by atoms with E-state index in [1.807, 2.05) is 35.2 Å². The van der Waals surface area contributed by atoms with Crippen LogP contribution in [-0.4, -0.2) is 44.1 Å². The van der Waals surface area contributed by atoms with Crippen molar-refractivity contribution in [2.24, 2.45) is 0 Å². The van der Waals surface area contributed by atoms with Crippen LogP contribution in [0.15, 0.2) is 48.5 Å². The van der Waals surface area contributed by atoms with Gasteiger partial charge >= 0.3 is 0 Å². The molecule has 6 heteroatoms. The van der Waals surface area contributed by atoms with E-state index in [4.69, 9.17) is 10.00 Å². The Balaban J connectivity index is 1.51. The van der Waals surface area contributed by atoms with Gasteiger partial charge in [-0.3, -0.25) is 9.69 Å². The van der Waals surface area contributed by atoms with E-state index in [-0.39, 0.29) is 11.3 Å². The molecule has 2 aliphatic heterocycles. The maximum atomic E-state index is 13.6. The third-order valence-electron chi connectivity index (χ3n) is 6.52. The summed E-state index contributed by atoms with van der Waals surface area (Å²) in [5.74, 6) is 0.891. The monoisotopic (exact) mass is 417 g/mol. The number of likely N-dealkylation sites (tertiary alicyclic amines) is 1. The normalized spacial score (nSPS) is 17.8. The van der Waals surface area contributed by atoms with Gasteiger partial charge in [-0.1, -0.05) is 18.2 Å². The molecule has 2 aromatic carbocycles. The van der Waals surface area contributed by atoms with Crippen molar-refractivity contribution < 1.29 is 9.53 Å². The molecular weight excluding hydrogens is 394 g/mol. The van der Waals surface area contributed by atoms with E-state index in [1.54, 1.807) is 18.4 Å². The minimum absolute atomic E-state index is 0.0685. The van der Waals surface area contributed by atoms with Crippen LogP contribution in [0.3, 0.4) is 0 Å². The molecular formula is C24H23N3O2S. The number of nitriles is 1. The van der Waals surface area contributed by atoms with Crippen molar-refractivity contribution in [3.63, 3.8) is 0 Å². The fourth-order valence-electron chi connectivity index (χ4n) is 4.84. The highest BCUT2D eigenvalue weighted by molar-refractivity contribution is 7.20. The Labute approximate surface area is 180 Å². The summed E-state index contributed by atoms with van der Waals surface area (Å²) in [5.41, 5.74) is 2.11. The van der Waals surface area contributed by atoms with Gasteiger partial charge in [-0.25, -0.2) is 0 Å². The first-order valence-corrected chi connectivity index (χ1v) is 11.0. The van der Waals surface area contributed by atoms with Crippen LogP contribution in [-0.2, 0) is 5.41 Å². The van der Waals surface area contributed by atoms with E-state index in [9.17, 15) is 4.79 Å². The number of hydrogen-bond donors (Lipinski definition) is 0. The summed E-state index contributed by atoms with van der Waals surface area (Å²) in [6.45, 7) is 2.89. The van der Waals surface area contributed by atoms with Gasteiger partial charge in [0.15, 0.2) is 0 Å². The topological polar surface area (TPSA) is 56.6 Å². The molecule has 1 aromatic heterocycles. The molecule has 0 atom stereocenters. The van der Waals surface area contributed by atoms with Crippen LogP contribution in [0.4, 0.5) is 5.69 Å². The van der Waals surface area contributed by atoms with Crippen LogP contribution in [0.5, 0.6) is 5.75 Å². The van der Waals surface area contributed by atoms with E-state index in [1.165, 1.54) is 5.56 Å². The van der Waals surface area contributed by atoms with Crippen LogP contribution < -0.4 is 9.64 Å². The van der Waals surface area contributed by atoms with Gasteiger partial charge in [-0.2, -0.15) is 5.26 Å². The van der Waals surface area contributed by atoms with Crippen molar-refractivity contribution >= 4 is 33.0 Å². The Bertz CT molecular complexity index is 1120. The number of piperidine rings is 1. The molecule has 1 saturated heterocycles. The Morgan fingerprint density at radius 1 is 1.20 bits per heavy atom. The predicted octanol–water partition coefficient (Wildman–Crippen LogP) is 4.43. The van der Waals surface area contributed by atoms with Gasteiger partial charge in [0.25, 0.3) is 5.91 Å². The van der Waals surface area contributed by atoms with Crippen molar-refractivity contribution in [2.45, 2.75) is 18.3 Å². The Kier molecular flexibility index (Phi) is 4.73. The van der Waals surface area contributed by atoms with Crippen LogP contribution >= 0.6 is 11.3 Å². The molecule has 152 valence electrons. The summed E-state index contributed by atoms with van der Waals surface area (Å²) in [5, 5.41) is 10.2. The standard InChI is InChI=1S/C24H23N3O2S/c1-29-18-6-7-20-19(15-18)24(8-11-26(12-9-24)13-10-25)16-27(20)23(28)22-14-17-4-2-3-5-21(17)30-22/h2-7,14-15H,8-9,11-13,16H2,1H3. The molecule has 3 aromatic rings. The van der Waals surface area contributed by atoms with Gasteiger partial charge in [0.05, 0.1) is 24.6 Å². The van der Waals surface area contributed by atoms with Gasteiger partial charge in [0.1, 0.15) is 5.75 Å². The highest BCUT2D eigenvalue weighted by Crippen LogP contribution is 2.49. The third kappa shape index (κ3) is 3.06. The summed E-state index contributed by atoms with van der Waals surface area (Å²) in [6.07, 6.45) is 1.87. The number of methoxy groups -OCH3 is 1. The molecule has 0 radical (unpaired) electrons. The second-order valence-corrected chi connectivity index (χ2v) is 9.22. The number of fused-ring (bicyclic) bond motifs is 3. The number of hydrogen-bond acceptors (Lipinski definition) is 5. The fourth-order valence-corrected chi connectivity index (χ4v) is 5.86. The lowest BCUT2D eigenvalue weighted by Crippen LogP contribution is -2.46. The van der Waals surface area contributed by atoms with Gasteiger partial charge in [-0.05, 0) is 54.1 Å². The van der Waals surface area contributed by atoms with Crippen molar-refractivity contribution in [2.75, 3.05) is 38.2 Å². The SMILES string of the molecule is COc1ccc2c(c1)C1(CCN(CC#N)CC1)CN2C(=O)c1cc2ccccc2s1. The number of benzene rings is 2. The van der Waals surface area contributed by atoms with E-state index in [2.05, 4.69) is 29.2 Å². The second-order valence-electron chi connectivity index (χ2n) is 8.14. The molecule has 1 fully saturated rings. The molecule has 3 heterocycles. The maximum Gasteiger partial charge on any atom is 0.268 e. The van der Waals surface area contributed by atoms with Crippen molar-refractivity contribution in [3.8, 4) is 11.8 Å². The van der Waals surface area contributed by atoms with Crippen LogP contribution in [0.1, 0.15) is 28.1 Å². The number of nitrogens with zero attached hydrogens (tertiary/aromatic N) is 3. The van der Waals surface area contributed by atoms with E-state index in [0.717, 1.165) is 52.3 Å².